The molecule has 0 radical (unpaired) electrons. The minimum atomic E-state index is -4.43. The number of nitrogens with zero attached hydrogens (tertiary/aromatic N) is 1. The van der Waals surface area contributed by atoms with Gasteiger partial charge in [0.05, 0.1) is 32.1 Å². The van der Waals surface area contributed by atoms with Gasteiger partial charge < -0.3 is 19.5 Å². The average molecular weight is 653 g/mol. The van der Waals surface area contributed by atoms with Gasteiger partial charge in [0.15, 0.2) is 0 Å². The number of nitrogens with one attached hydrogen (secondary N) is 1. The van der Waals surface area contributed by atoms with Gasteiger partial charge in [0.25, 0.3) is 5.56 Å². The van der Waals surface area contributed by atoms with E-state index in [0.29, 0.717) is 12.8 Å². The van der Waals surface area contributed by atoms with E-state index >= 15 is 0 Å². The Kier molecular flexibility index (Phi) is 17.7. The molecular weight excluding hydrogens is 598 g/mol. The molecule has 4 atom stereocenters. The van der Waals surface area contributed by atoms with Crippen LogP contribution in [0.4, 0.5) is 4.39 Å². The van der Waals surface area contributed by atoms with Crippen LogP contribution in [0, 0.1) is 5.82 Å². The first-order valence-corrected chi connectivity index (χ1v) is 21.1. The first-order valence-electron chi connectivity index (χ1n) is 15.9. The molecule has 1 aliphatic rings. The number of aromatic nitrogens is 2. The molecule has 43 heavy (non-hydrogen) atoms. The van der Waals surface area contributed by atoms with E-state index < -0.39 is 58.0 Å². The maximum atomic E-state index is 13.5. The molecule has 0 amide bonds. The van der Waals surface area contributed by atoms with E-state index in [0.717, 1.165) is 17.4 Å². The molecule has 0 spiro atoms. The Bertz CT molecular complexity index is 1080. The minimum absolute atomic E-state index is 0.108. The molecule has 1 aromatic rings. The van der Waals surface area contributed by atoms with Gasteiger partial charge in [-0.25, -0.2) is 9.36 Å². The molecule has 0 aliphatic carbocycles. The monoisotopic (exact) mass is 652 g/mol. The molecule has 1 saturated heterocycles. The predicted octanol–water partition coefficient (Wildman–Crippen LogP) is 5.88. The lowest BCUT2D eigenvalue weighted by atomic mass is 10.0. The Balaban J connectivity index is 1.41. The second-order valence-corrected chi connectivity index (χ2v) is 19.8. The Labute approximate surface area is 256 Å². The third-order valence-electron chi connectivity index (χ3n) is 7.54. The summed E-state index contributed by atoms with van der Waals surface area (Å²) < 4.78 is 47.2. The molecule has 0 aromatic carbocycles. The summed E-state index contributed by atoms with van der Waals surface area (Å²) in [4.78, 5) is 34.8. The van der Waals surface area contributed by atoms with Crippen LogP contribution in [0.1, 0.15) is 96.1 Å². The van der Waals surface area contributed by atoms with Gasteiger partial charge in [0, 0.05) is 21.1 Å². The standard InChI is InChI=1S/C29H54FN2O9PSi/c1-43(2,3)20-16-14-12-10-8-6-4-5-7-9-11-13-15-17-38-18-19-39-42(36,37)40-23-26-25(33)21-27(41-26)32-22-24(30)28(34)31-29(32)35/h22,25-27,33H,4-21,23H2,1-3H3,(H,36,37)(H,31,34,35)/t25-,26+,27+/m0/s1. The molecule has 1 aromatic heterocycles. The molecule has 3 N–H and O–H groups in total. The van der Waals surface area contributed by atoms with Gasteiger partial charge in [0.1, 0.15) is 12.3 Å². The van der Waals surface area contributed by atoms with Crippen molar-refractivity contribution in [3.8, 4) is 0 Å². The SMILES string of the molecule is C[Si](C)(C)CCCCCCCCCCCCCCCOCCOP(=O)(O)OC[C@H]1O[C@@H](n2cc(F)c(=O)[nH]c2=O)C[C@@H]1O. The highest BCUT2D eigenvalue weighted by molar-refractivity contribution is 7.47. The number of hydrogen-bond donors (Lipinski definition) is 3. The quantitative estimate of drug-likeness (QED) is 0.0707. The van der Waals surface area contributed by atoms with Gasteiger partial charge in [0.2, 0.25) is 5.82 Å². The maximum Gasteiger partial charge on any atom is 0.472 e. The summed E-state index contributed by atoms with van der Waals surface area (Å²) in [7, 11) is -5.29. The van der Waals surface area contributed by atoms with Crippen molar-refractivity contribution in [2.75, 3.05) is 26.4 Å². The van der Waals surface area contributed by atoms with Crippen LogP contribution in [0.15, 0.2) is 15.8 Å². The van der Waals surface area contributed by atoms with Gasteiger partial charge in [-0.3, -0.25) is 23.4 Å². The number of ether oxygens (including phenoxy) is 2. The first-order chi connectivity index (χ1) is 20.4. The molecule has 250 valence electrons. The third kappa shape index (κ3) is 16.6. The Hall–Kier alpha value is -1.18. The predicted molar refractivity (Wildman–Crippen MR) is 167 cm³/mol. The van der Waals surface area contributed by atoms with Gasteiger partial charge >= 0.3 is 13.5 Å². The fraction of sp³-hybridized carbons (Fsp3) is 0.862. The van der Waals surface area contributed by atoms with Crippen LogP contribution in [0.5, 0.6) is 0 Å². The molecule has 0 bridgehead atoms. The smallest absolute Gasteiger partial charge is 0.390 e. The van der Waals surface area contributed by atoms with Crippen molar-refractivity contribution in [3.05, 3.63) is 32.9 Å². The Morgan fingerprint density at radius 3 is 2.07 bits per heavy atom. The number of hydrogen-bond acceptors (Lipinski definition) is 8. The maximum absolute atomic E-state index is 13.5. The summed E-state index contributed by atoms with van der Waals surface area (Å²) in [5, 5.41) is 10.2. The van der Waals surface area contributed by atoms with Crippen LogP contribution in [-0.4, -0.2) is 66.3 Å². The van der Waals surface area contributed by atoms with Crippen LogP contribution in [-0.2, 0) is 23.1 Å². The Morgan fingerprint density at radius 1 is 0.930 bits per heavy atom. The summed E-state index contributed by atoms with van der Waals surface area (Å²) in [6.07, 6.45) is 14.0. The summed E-state index contributed by atoms with van der Waals surface area (Å²) in [5.41, 5.74) is -2.07. The molecule has 1 aliphatic heterocycles. The molecule has 11 nitrogen and oxygen atoms in total. The lowest BCUT2D eigenvalue weighted by molar-refractivity contribution is -0.0474. The van der Waals surface area contributed by atoms with Crippen LogP contribution < -0.4 is 11.2 Å². The number of aromatic amines is 1. The topological polar surface area (TPSA) is 149 Å². The first kappa shape index (κ1) is 38.0. The largest absolute Gasteiger partial charge is 0.472 e. The molecule has 1 unspecified atom stereocenters. The summed E-state index contributed by atoms with van der Waals surface area (Å²) in [6, 6.07) is 1.46. The van der Waals surface area contributed by atoms with E-state index in [1.807, 2.05) is 0 Å². The van der Waals surface area contributed by atoms with Crippen molar-refractivity contribution >= 4 is 15.9 Å². The van der Waals surface area contributed by atoms with Crippen LogP contribution >= 0.6 is 7.82 Å². The van der Waals surface area contributed by atoms with E-state index in [2.05, 4.69) is 19.6 Å². The zero-order valence-electron chi connectivity index (χ0n) is 26.3. The van der Waals surface area contributed by atoms with Crippen LogP contribution in [0.3, 0.4) is 0 Å². The highest BCUT2D eigenvalue weighted by Gasteiger charge is 2.37. The van der Waals surface area contributed by atoms with Gasteiger partial charge in [-0.15, -0.1) is 0 Å². The van der Waals surface area contributed by atoms with Gasteiger partial charge in [-0.05, 0) is 6.42 Å². The van der Waals surface area contributed by atoms with Crippen LogP contribution in [0.25, 0.3) is 0 Å². The fourth-order valence-corrected chi connectivity index (χ4v) is 7.06. The lowest BCUT2D eigenvalue weighted by Gasteiger charge is -2.18. The number of aliphatic hydroxyl groups is 1. The molecule has 2 heterocycles. The van der Waals surface area contributed by atoms with Crippen molar-refractivity contribution in [3.63, 3.8) is 0 Å². The molecule has 1 fully saturated rings. The summed E-state index contributed by atoms with van der Waals surface area (Å²) in [6.45, 7) is 7.41. The second kappa shape index (κ2) is 20.0. The zero-order chi connectivity index (χ0) is 31.7. The van der Waals surface area contributed by atoms with E-state index in [9.17, 15) is 28.5 Å². The fourth-order valence-electron chi connectivity index (χ4n) is 5.03. The van der Waals surface area contributed by atoms with E-state index in [1.54, 1.807) is 4.98 Å². The van der Waals surface area contributed by atoms with E-state index in [-0.39, 0.29) is 19.6 Å². The number of rotatable bonds is 24. The zero-order valence-corrected chi connectivity index (χ0v) is 28.2. The van der Waals surface area contributed by atoms with E-state index in [1.165, 1.54) is 76.7 Å². The number of halogens is 1. The Morgan fingerprint density at radius 2 is 1.49 bits per heavy atom. The number of unbranched alkanes of at least 4 members (excludes halogenated alkanes) is 12. The normalized spacial score (nSPS) is 20.5. The number of H-pyrrole nitrogens is 1. The van der Waals surface area contributed by atoms with Crippen LogP contribution in [0.2, 0.25) is 25.7 Å². The molecule has 2 rings (SSSR count). The molecule has 14 heteroatoms. The average Bonchev–Trinajstić information content (AvgIpc) is 3.30. The van der Waals surface area contributed by atoms with E-state index in [4.69, 9.17) is 18.5 Å². The molecular formula is C29H54FN2O9PSi. The van der Waals surface area contributed by atoms with Crippen molar-refractivity contribution in [1.29, 1.82) is 0 Å². The van der Waals surface area contributed by atoms with Crippen molar-refractivity contribution in [2.24, 2.45) is 0 Å². The molecule has 0 saturated carbocycles. The van der Waals surface area contributed by atoms with Gasteiger partial charge in [-0.1, -0.05) is 103 Å². The third-order valence-corrected chi connectivity index (χ3v) is 10.4. The highest BCUT2D eigenvalue weighted by Crippen LogP contribution is 2.44. The second-order valence-electron chi connectivity index (χ2n) is 12.7. The number of phosphoric acid groups is 1. The number of phosphoric ester groups is 1. The summed E-state index contributed by atoms with van der Waals surface area (Å²) in [5.74, 6) is -1.18. The lowest BCUT2D eigenvalue weighted by Crippen LogP contribution is -2.34. The van der Waals surface area contributed by atoms with Crippen molar-refractivity contribution in [2.45, 2.75) is 134 Å². The van der Waals surface area contributed by atoms with Crippen molar-refractivity contribution in [1.82, 2.24) is 9.55 Å². The van der Waals surface area contributed by atoms with Gasteiger partial charge in [-0.2, -0.15) is 4.39 Å². The minimum Gasteiger partial charge on any atom is -0.390 e. The highest BCUT2D eigenvalue weighted by atomic mass is 31.2. The number of aliphatic hydroxyl groups excluding tert-OH is 1. The summed E-state index contributed by atoms with van der Waals surface area (Å²) >= 11 is 0. The van der Waals surface area contributed by atoms with Crippen molar-refractivity contribution < 1.29 is 37.5 Å².